The summed E-state index contributed by atoms with van der Waals surface area (Å²) in [5.74, 6) is 0.553. The minimum absolute atomic E-state index is 0.208. The number of thioether (sulfide) groups is 1. The molecule has 1 N–H and O–H groups in total. The highest BCUT2D eigenvalue weighted by molar-refractivity contribution is 7.99. The van der Waals surface area contributed by atoms with Crippen molar-refractivity contribution in [2.75, 3.05) is 11.6 Å². The molecule has 1 fully saturated rings. The molecule has 6 heteroatoms. The van der Waals surface area contributed by atoms with E-state index in [1.807, 2.05) is 11.8 Å². The van der Waals surface area contributed by atoms with Crippen molar-refractivity contribution >= 4 is 35.5 Å². The van der Waals surface area contributed by atoms with Crippen molar-refractivity contribution in [2.45, 2.75) is 37.0 Å². The van der Waals surface area contributed by atoms with Gasteiger partial charge in [-0.25, -0.2) is 9.97 Å². The van der Waals surface area contributed by atoms with Crippen LogP contribution in [0.1, 0.15) is 36.0 Å². The molecule has 1 heterocycles. The molecule has 0 radical (unpaired) electrons. The van der Waals surface area contributed by atoms with Gasteiger partial charge in [-0.2, -0.15) is 11.8 Å². The summed E-state index contributed by atoms with van der Waals surface area (Å²) in [4.78, 5) is 18.9. The topological polar surface area (TPSA) is 54.9 Å². The number of halogens is 1. The first-order chi connectivity index (χ1) is 8.74. The molecule has 2 atom stereocenters. The van der Waals surface area contributed by atoms with Gasteiger partial charge in [-0.1, -0.05) is 18.0 Å². The number of nitrogens with zero attached hydrogens (tertiary/aromatic N) is 2. The molecular weight excluding hydrogens is 270 g/mol. The van der Waals surface area contributed by atoms with Gasteiger partial charge in [0.1, 0.15) is 17.3 Å². The van der Waals surface area contributed by atoms with Crippen LogP contribution in [0.5, 0.6) is 0 Å². The minimum Gasteiger partial charge on any atom is -0.367 e. The summed E-state index contributed by atoms with van der Waals surface area (Å²) in [7, 11) is 0. The maximum Gasteiger partial charge on any atom is 0.156 e. The zero-order chi connectivity index (χ0) is 13.0. The Labute approximate surface area is 116 Å². The summed E-state index contributed by atoms with van der Waals surface area (Å²) in [6, 6.07) is 0.362. The minimum atomic E-state index is 0.208. The van der Waals surface area contributed by atoms with Crippen LogP contribution in [0.3, 0.4) is 0 Å². The zero-order valence-electron chi connectivity index (χ0n) is 10.2. The number of hydrogen-bond donors (Lipinski definition) is 1. The van der Waals surface area contributed by atoms with Crippen molar-refractivity contribution < 1.29 is 4.79 Å². The molecule has 0 amide bonds. The maximum atomic E-state index is 11.0. The van der Waals surface area contributed by atoms with Crippen LogP contribution in [0.25, 0.3) is 0 Å². The predicted octanol–water partition coefficient (Wildman–Crippen LogP) is 3.03. The molecule has 4 nitrogen and oxygen atoms in total. The number of hydrogen-bond acceptors (Lipinski definition) is 5. The molecule has 1 saturated carbocycles. The number of aldehydes is 1. The molecule has 1 aliphatic rings. The maximum absolute atomic E-state index is 11.0. The second-order valence-electron chi connectivity index (χ2n) is 4.41. The molecule has 1 aliphatic carbocycles. The van der Waals surface area contributed by atoms with Crippen LogP contribution in [0.4, 0.5) is 5.82 Å². The normalized spacial score (nSPS) is 23.7. The first-order valence-corrected chi connectivity index (χ1v) is 7.66. The van der Waals surface area contributed by atoms with Crippen molar-refractivity contribution in [3.8, 4) is 0 Å². The smallest absolute Gasteiger partial charge is 0.156 e. The third-order valence-electron chi connectivity index (χ3n) is 3.25. The first-order valence-electron chi connectivity index (χ1n) is 5.99. The Hall–Kier alpha value is -0.810. The SMILES string of the molecule is CSC1CCCC(Nc2ncnc(Cl)c2C=O)C1. The van der Waals surface area contributed by atoms with Crippen molar-refractivity contribution in [2.24, 2.45) is 0 Å². The van der Waals surface area contributed by atoms with Gasteiger partial charge in [-0.3, -0.25) is 4.79 Å². The Balaban J connectivity index is 2.09. The number of nitrogens with one attached hydrogen (secondary N) is 1. The Morgan fingerprint density at radius 2 is 2.33 bits per heavy atom. The Kier molecular flexibility index (Phi) is 4.83. The molecule has 0 aliphatic heterocycles. The molecule has 0 aromatic carbocycles. The number of carbonyl (C=O) groups is 1. The van der Waals surface area contributed by atoms with Gasteiger partial charge in [0.05, 0.1) is 5.56 Å². The van der Waals surface area contributed by atoms with Gasteiger partial charge in [0.25, 0.3) is 0 Å². The highest BCUT2D eigenvalue weighted by atomic mass is 35.5. The van der Waals surface area contributed by atoms with Crippen molar-refractivity contribution in [3.05, 3.63) is 17.0 Å². The summed E-state index contributed by atoms with van der Waals surface area (Å²) in [6.45, 7) is 0. The van der Waals surface area contributed by atoms with Crippen LogP contribution in [-0.2, 0) is 0 Å². The fourth-order valence-electron chi connectivity index (χ4n) is 2.28. The van der Waals surface area contributed by atoms with E-state index in [1.165, 1.54) is 19.2 Å². The van der Waals surface area contributed by atoms with Crippen molar-refractivity contribution in [1.82, 2.24) is 9.97 Å². The fraction of sp³-hybridized carbons (Fsp3) is 0.583. The van der Waals surface area contributed by atoms with E-state index < -0.39 is 0 Å². The lowest BCUT2D eigenvalue weighted by molar-refractivity contribution is 0.112. The van der Waals surface area contributed by atoms with E-state index in [2.05, 4.69) is 21.5 Å². The van der Waals surface area contributed by atoms with E-state index in [9.17, 15) is 4.79 Å². The molecule has 0 spiro atoms. The van der Waals surface area contributed by atoms with Gasteiger partial charge in [0.2, 0.25) is 0 Å². The molecule has 1 aromatic rings. The van der Waals surface area contributed by atoms with Gasteiger partial charge in [-0.05, 0) is 25.5 Å². The summed E-state index contributed by atoms with van der Waals surface area (Å²) < 4.78 is 0. The third-order valence-corrected chi connectivity index (χ3v) is 4.65. The molecule has 0 saturated heterocycles. The number of aromatic nitrogens is 2. The van der Waals surface area contributed by atoms with Crippen LogP contribution >= 0.6 is 23.4 Å². The fourth-order valence-corrected chi connectivity index (χ4v) is 3.28. The zero-order valence-corrected chi connectivity index (χ0v) is 11.8. The highest BCUT2D eigenvalue weighted by Gasteiger charge is 2.22. The lowest BCUT2D eigenvalue weighted by Crippen LogP contribution is -2.29. The second-order valence-corrected chi connectivity index (χ2v) is 5.91. The molecule has 18 heavy (non-hydrogen) atoms. The molecule has 2 unspecified atom stereocenters. The van der Waals surface area contributed by atoms with E-state index in [1.54, 1.807) is 0 Å². The van der Waals surface area contributed by atoms with E-state index in [-0.39, 0.29) is 5.15 Å². The summed E-state index contributed by atoms with van der Waals surface area (Å²) in [6.07, 6.45) is 8.92. The molecule has 2 rings (SSSR count). The van der Waals surface area contributed by atoms with Gasteiger partial charge >= 0.3 is 0 Å². The first kappa shape index (κ1) is 13.6. The highest BCUT2D eigenvalue weighted by Crippen LogP contribution is 2.29. The van der Waals surface area contributed by atoms with Crippen LogP contribution in [0.2, 0.25) is 5.15 Å². The Morgan fingerprint density at radius 1 is 1.50 bits per heavy atom. The second kappa shape index (κ2) is 6.38. The van der Waals surface area contributed by atoms with Crippen LogP contribution in [0, 0.1) is 0 Å². The average molecular weight is 286 g/mol. The van der Waals surface area contributed by atoms with Crippen molar-refractivity contribution in [1.29, 1.82) is 0 Å². The van der Waals surface area contributed by atoms with E-state index in [4.69, 9.17) is 11.6 Å². The Morgan fingerprint density at radius 3 is 3.06 bits per heavy atom. The third kappa shape index (κ3) is 3.14. The molecule has 98 valence electrons. The van der Waals surface area contributed by atoms with Gasteiger partial charge < -0.3 is 5.32 Å². The molecule has 0 bridgehead atoms. The van der Waals surface area contributed by atoms with E-state index >= 15 is 0 Å². The summed E-state index contributed by atoms with van der Waals surface area (Å²) >= 11 is 7.78. The number of rotatable bonds is 4. The van der Waals surface area contributed by atoms with E-state index in [0.717, 1.165) is 12.8 Å². The van der Waals surface area contributed by atoms with Gasteiger partial charge in [0, 0.05) is 11.3 Å². The van der Waals surface area contributed by atoms with Gasteiger partial charge in [-0.15, -0.1) is 0 Å². The van der Waals surface area contributed by atoms with Gasteiger partial charge in [0.15, 0.2) is 6.29 Å². The van der Waals surface area contributed by atoms with Crippen molar-refractivity contribution in [3.63, 3.8) is 0 Å². The van der Waals surface area contributed by atoms with Crippen LogP contribution in [0.15, 0.2) is 6.33 Å². The molecular formula is C12H16ClN3OS. The summed E-state index contributed by atoms with van der Waals surface area (Å²) in [5.41, 5.74) is 0.352. The lowest BCUT2D eigenvalue weighted by Gasteiger charge is -2.29. The standard InChI is InChI=1S/C12H16ClN3OS/c1-18-9-4-2-3-8(5-9)16-12-10(6-17)11(13)14-7-15-12/h6-9H,2-5H2,1H3,(H,14,15,16). The number of anilines is 1. The summed E-state index contributed by atoms with van der Waals surface area (Å²) in [5, 5.41) is 4.22. The monoisotopic (exact) mass is 285 g/mol. The quantitative estimate of drug-likeness (QED) is 0.681. The Bertz CT molecular complexity index is 430. The van der Waals surface area contributed by atoms with Crippen LogP contribution < -0.4 is 5.32 Å². The van der Waals surface area contributed by atoms with E-state index in [0.29, 0.717) is 29.0 Å². The number of carbonyl (C=O) groups excluding carboxylic acids is 1. The lowest BCUT2D eigenvalue weighted by atomic mass is 9.95. The molecule has 1 aromatic heterocycles. The largest absolute Gasteiger partial charge is 0.367 e. The van der Waals surface area contributed by atoms with Crippen LogP contribution in [-0.4, -0.2) is 33.8 Å². The predicted molar refractivity (Wildman–Crippen MR) is 75.6 cm³/mol. The average Bonchev–Trinajstić information content (AvgIpc) is 2.39.